The van der Waals surface area contributed by atoms with Gasteiger partial charge in [0.25, 0.3) is 5.91 Å². The zero-order valence-corrected chi connectivity index (χ0v) is 17.1. The summed E-state index contributed by atoms with van der Waals surface area (Å²) < 4.78 is 6.24. The number of nitro groups is 1. The molecule has 0 aliphatic carbocycles. The van der Waals surface area contributed by atoms with Crippen molar-refractivity contribution in [2.75, 3.05) is 38.2 Å². The molecule has 11 heteroatoms. The molecule has 8 nitrogen and oxygen atoms in total. The van der Waals surface area contributed by atoms with Crippen LogP contribution >= 0.6 is 34.3 Å². The van der Waals surface area contributed by atoms with Crippen molar-refractivity contribution in [2.45, 2.75) is 0 Å². The summed E-state index contributed by atoms with van der Waals surface area (Å²) in [6.45, 7) is 2.29. The molecule has 1 saturated heterocycles. The van der Waals surface area contributed by atoms with Crippen LogP contribution in [0.1, 0.15) is 9.67 Å². The van der Waals surface area contributed by atoms with Gasteiger partial charge in [0.15, 0.2) is 5.13 Å². The van der Waals surface area contributed by atoms with E-state index in [0.717, 1.165) is 26.7 Å². The fourth-order valence-corrected chi connectivity index (χ4v) is 5.13. The van der Waals surface area contributed by atoms with Gasteiger partial charge in [-0.05, 0) is 18.2 Å². The van der Waals surface area contributed by atoms with Crippen LogP contribution in [0.2, 0.25) is 5.02 Å². The molecule has 0 spiro atoms. The van der Waals surface area contributed by atoms with Crippen molar-refractivity contribution in [2.24, 2.45) is 0 Å². The van der Waals surface area contributed by atoms with Crippen molar-refractivity contribution in [3.05, 3.63) is 44.3 Å². The van der Waals surface area contributed by atoms with E-state index in [0.29, 0.717) is 41.8 Å². The van der Waals surface area contributed by atoms with Gasteiger partial charge in [-0.3, -0.25) is 14.9 Å². The molecule has 28 heavy (non-hydrogen) atoms. The van der Waals surface area contributed by atoms with E-state index in [4.69, 9.17) is 16.3 Å². The highest BCUT2D eigenvalue weighted by Gasteiger charge is 2.26. The molecule has 1 aliphatic rings. The predicted molar refractivity (Wildman–Crippen MR) is 110 cm³/mol. The smallest absolute Gasteiger partial charge is 0.324 e. The normalized spacial score (nSPS) is 14.5. The van der Waals surface area contributed by atoms with Crippen LogP contribution in [-0.2, 0) is 0 Å². The number of thiazole rings is 1. The molecule has 0 unspecified atom stereocenters. The number of ether oxygens (including phenoxy) is 1. The summed E-state index contributed by atoms with van der Waals surface area (Å²) >= 11 is 8.70. The van der Waals surface area contributed by atoms with E-state index in [1.165, 1.54) is 23.5 Å². The molecule has 1 aromatic carbocycles. The van der Waals surface area contributed by atoms with Gasteiger partial charge in [-0.15, -0.1) is 0 Å². The van der Waals surface area contributed by atoms with E-state index in [1.807, 2.05) is 0 Å². The summed E-state index contributed by atoms with van der Waals surface area (Å²) in [7, 11) is 1.60. The lowest BCUT2D eigenvalue weighted by Gasteiger charge is -2.34. The third-order valence-corrected chi connectivity index (χ3v) is 7.09. The first-order chi connectivity index (χ1) is 13.5. The zero-order valence-electron chi connectivity index (χ0n) is 14.8. The second-order valence-electron chi connectivity index (χ2n) is 6.10. The fourth-order valence-electron chi connectivity index (χ4n) is 3.04. The number of rotatable bonds is 4. The standard InChI is InChI=1S/C17H15ClN4O4S2/c1-26-11-3-2-10(18)15-14(11)19-17(28-15)21-8-6-20(7-9-21)16(23)12-4-5-13(27-12)22(24)25/h2-5H,6-9H2,1H3. The SMILES string of the molecule is COc1ccc(Cl)c2sc(N3CCN(C(=O)c4ccc([N+](=O)[O-])s4)CC3)nc12. The number of nitrogens with zero attached hydrogens (tertiary/aromatic N) is 4. The Morgan fingerprint density at radius 3 is 2.61 bits per heavy atom. The van der Waals surface area contributed by atoms with E-state index >= 15 is 0 Å². The second-order valence-corrected chi connectivity index (χ2v) is 8.55. The molecule has 2 aromatic heterocycles. The van der Waals surface area contributed by atoms with Crippen LogP contribution in [0.3, 0.4) is 0 Å². The molecule has 0 radical (unpaired) electrons. The fraction of sp³-hybridized carbons (Fsp3) is 0.294. The van der Waals surface area contributed by atoms with Gasteiger partial charge in [0.1, 0.15) is 11.3 Å². The van der Waals surface area contributed by atoms with E-state index in [9.17, 15) is 14.9 Å². The number of hydrogen-bond donors (Lipinski definition) is 0. The molecule has 4 rings (SSSR count). The number of thiophene rings is 1. The van der Waals surface area contributed by atoms with Gasteiger partial charge in [0, 0.05) is 32.2 Å². The number of methoxy groups -OCH3 is 1. The molecule has 0 saturated carbocycles. The first-order valence-corrected chi connectivity index (χ1v) is 10.4. The van der Waals surface area contributed by atoms with Gasteiger partial charge in [0.2, 0.25) is 0 Å². The van der Waals surface area contributed by atoms with Crippen LogP contribution in [0.5, 0.6) is 5.75 Å². The van der Waals surface area contributed by atoms with Gasteiger partial charge < -0.3 is 14.5 Å². The Morgan fingerprint density at radius 2 is 1.96 bits per heavy atom. The average molecular weight is 439 g/mol. The minimum atomic E-state index is -0.480. The average Bonchev–Trinajstić information content (AvgIpc) is 3.36. The van der Waals surface area contributed by atoms with Crippen molar-refractivity contribution >= 4 is 60.5 Å². The number of carbonyl (C=O) groups is 1. The number of benzene rings is 1. The first kappa shape index (κ1) is 18.9. The van der Waals surface area contributed by atoms with Crippen molar-refractivity contribution in [1.29, 1.82) is 0 Å². The minimum Gasteiger partial charge on any atom is -0.494 e. The number of hydrogen-bond acceptors (Lipinski definition) is 8. The summed E-state index contributed by atoms with van der Waals surface area (Å²) in [6.07, 6.45) is 0. The Morgan fingerprint density at radius 1 is 1.21 bits per heavy atom. The van der Waals surface area contributed by atoms with Crippen LogP contribution in [0.25, 0.3) is 10.2 Å². The van der Waals surface area contributed by atoms with E-state index in [-0.39, 0.29) is 10.9 Å². The molecule has 1 aliphatic heterocycles. The molecular formula is C17H15ClN4O4S2. The summed E-state index contributed by atoms with van der Waals surface area (Å²) in [6, 6.07) is 6.47. The predicted octanol–water partition coefficient (Wildman–Crippen LogP) is 3.89. The Labute approximate surface area is 173 Å². The Bertz CT molecular complexity index is 1060. The topological polar surface area (TPSA) is 88.8 Å². The maximum absolute atomic E-state index is 12.6. The molecule has 3 heterocycles. The third kappa shape index (κ3) is 3.38. The summed E-state index contributed by atoms with van der Waals surface area (Å²) in [5.74, 6) is 0.502. The highest BCUT2D eigenvalue weighted by molar-refractivity contribution is 7.22. The van der Waals surface area contributed by atoms with Crippen LogP contribution in [-0.4, -0.2) is 54.0 Å². The van der Waals surface area contributed by atoms with E-state index < -0.39 is 4.92 Å². The number of piperazine rings is 1. The number of amides is 1. The van der Waals surface area contributed by atoms with Crippen LogP contribution in [0, 0.1) is 10.1 Å². The summed E-state index contributed by atoms with van der Waals surface area (Å²) in [5, 5.41) is 12.3. The van der Waals surface area contributed by atoms with Gasteiger partial charge in [-0.2, -0.15) is 0 Å². The highest BCUT2D eigenvalue weighted by atomic mass is 35.5. The molecular weight excluding hydrogens is 424 g/mol. The van der Waals surface area contributed by atoms with Gasteiger partial charge in [-0.25, -0.2) is 4.98 Å². The Kier molecular flexibility index (Phi) is 5.09. The highest BCUT2D eigenvalue weighted by Crippen LogP contribution is 2.39. The first-order valence-electron chi connectivity index (χ1n) is 8.39. The van der Waals surface area contributed by atoms with Crippen molar-refractivity contribution < 1.29 is 14.5 Å². The largest absolute Gasteiger partial charge is 0.494 e. The molecule has 0 N–H and O–H groups in total. The van der Waals surface area contributed by atoms with Crippen LogP contribution < -0.4 is 9.64 Å². The van der Waals surface area contributed by atoms with Gasteiger partial charge in [0.05, 0.1) is 26.6 Å². The monoisotopic (exact) mass is 438 g/mol. The zero-order chi connectivity index (χ0) is 19.8. The van der Waals surface area contributed by atoms with Crippen molar-refractivity contribution in [1.82, 2.24) is 9.88 Å². The Hall–Kier alpha value is -2.43. The number of aromatic nitrogens is 1. The van der Waals surface area contributed by atoms with Gasteiger partial charge in [-0.1, -0.05) is 34.3 Å². The number of fused-ring (bicyclic) bond motifs is 1. The molecule has 1 amide bonds. The van der Waals surface area contributed by atoms with Crippen molar-refractivity contribution in [3.8, 4) is 5.75 Å². The summed E-state index contributed by atoms with van der Waals surface area (Å²) in [5.41, 5.74) is 0.736. The third-order valence-electron chi connectivity index (χ3n) is 4.49. The molecule has 1 fully saturated rings. The maximum Gasteiger partial charge on any atom is 0.324 e. The van der Waals surface area contributed by atoms with E-state index in [1.54, 1.807) is 24.1 Å². The van der Waals surface area contributed by atoms with Gasteiger partial charge >= 0.3 is 5.00 Å². The lowest BCUT2D eigenvalue weighted by atomic mass is 10.3. The Balaban J connectivity index is 1.48. The van der Waals surface area contributed by atoms with Crippen molar-refractivity contribution in [3.63, 3.8) is 0 Å². The molecule has 146 valence electrons. The number of anilines is 1. The van der Waals surface area contributed by atoms with Crippen LogP contribution in [0.4, 0.5) is 10.1 Å². The minimum absolute atomic E-state index is 0.0257. The molecule has 0 atom stereocenters. The van der Waals surface area contributed by atoms with E-state index in [2.05, 4.69) is 9.88 Å². The number of halogens is 1. The lowest BCUT2D eigenvalue weighted by Crippen LogP contribution is -2.48. The molecule has 3 aromatic rings. The molecule has 0 bridgehead atoms. The second kappa shape index (κ2) is 7.53. The quantitative estimate of drug-likeness (QED) is 0.453. The maximum atomic E-state index is 12.6. The summed E-state index contributed by atoms with van der Waals surface area (Å²) in [4.78, 5) is 31.8. The van der Waals surface area contributed by atoms with Crippen LogP contribution in [0.15, 0.2) is 24.3 Å². The number of carbonyl (C=O) groups excluding carboxylic acids is 1. The lowest BCUT2D eigenvalue weighted by molar-refractivity contribution is -0.380.